The number of unbranched alkanes of at least 4 members (excludes halogenated alkanes) is 40. The van der Waals surface area contributed by atoms with Gasteiger partial charge in [0.25, 0.3) is 0 Å². The molecule has 0 heterocycles. The van der Waals surface area contributed by atoms with Gasteiger partial charge in [-0.05, 0) is 49.4 Å². The molecule has 97 heavy (non-hydrogen) atoms. The first-order chi connectivity index (χ1) is 46.6. The molecule has 0 aromatic rings. The smallest absolute Gasteiger partial charge is 0.462 e. The zero-order valence-corrected chi connectivity index (χ0v) is 65.5. The number of hydrogen-bond acceptors (Lipinski definition) is 15. The number of aliphatic hydroxyl groups excluding tert-OH is 1. The van der Waals surface area contributed by atoms with Crippen molar-refractivity contribution in [3.63, 3.8) is 0 Å². The summed E-state index contributed by atoms with van der Waals surface area (Å²) in [6.07, 6.45) is 53.1. The van der Waals surface area contributed by atoms with Crippen molar-refractivity contribution in [1.29, 1.82) is 0 Å². The molecular formula is C78H152O17P2. The summed E-state index contributed by atoms with van der Waals surface area (Å²) in [4.78, 5) is 72.8. The predicted octanol–water partition coefficient (Wildman–Crippen LogP) is 22.8. The van der Waals surface area contributed by atoms with Crippen LogP contribution < -0.4 is 0 Å². The van der Waals surface area contributed by atoms with Crippen LogP contribution in [-0.4, -0.2) is 96.7 Å². The first-order valence-electron chi connectivity index (χ1n) is 40.2. The van der Waals surface area contributed by atoms with Crippen molar-refractivity contribution in [2.24, 2.45) is 23.7 Å². The molecule has 0 aromatic carbocycles. The first-order valence-corrected chi connectivity index (χ1v) is 43.2. The van der Waals surface area contributed by atoms with E-state index in [4.69, 9.17) is 37.0 Å². The molecule has 0 amide bonds. The molecule has 0 aliphatic heterocycles. The lowest BCUT2D eigenvalue weighted by molar-refractivity contribution is -0.161. The Bertz CT molecular complexity index is 1900. The van der Waals surface area contributed by atoms with E-state index in [1.165, 1.54) is 193 Å². The molecule has 6 atom stereocenters. The number of hydrogen-bond donors (Lipinski definition) is 3. The molecule has 0 radical (unpaired) electrons. The fraction of sp³-hybridized carbons (Fsp3) is 0.949. The van der Waals surface area contributed by atoms with Gasteiger partial charge in [0.15, 0.2) is 12.2 Å². The fourth-order valence-corrected chi connectivity index (χ4v) is 13.5. The minimum Gasteiger partial charge on any atom is -0.462 e. The van der Waals surface area contributed by atoms with Crippen LogP contribution in [0.25, 0.3) is 0 Å². The summed E-state index contributed by atoms with van der Waals surface area (Å²) < 4.78 is 68.5. The van der Waals surface area contributed by atoms with Crippen LogP contribution in [0.2, 0.25) is 0 Å². The SMILES string of the molecule is CCC(C)CCCCCCCCCCCCCCCCCCCCC(=O)O[C@H](COC(=O)CCCCCCCCCC(C)C)COP(=O)(O)OCC(O)COP(=O)(O)OC[C@@H](COC(=O)CCCCCCCCCCCCCCCC(C)C)OC(=O)CCCCCCCCC(C)C. The van der Waals surface area contributed by atoms with E-state index in [-0.39, 0.29) is 25.7 Å². The minimum absolute atomic E-state index is 0.102. The second kappa shape index (κ2) is 67.2. The number of ether oxygens (including phenoxy) is 4. The second-order valence-electron chi connectivity index (χ2n) is 29.8. The molecule has 0 aromatic heterocycles. The summed E-state index contributed by atoms with van der Waals surface area (Å²) >= 11 is 0. The van der Waals surface area contributed by atoms with Gasteiger partial charge < -0.3 is 33.8 Å². The zero-order chi connectivity index (χ0) is 71.7. The van der Waals surface area contributed by atoms with E-state index < -0.39 is 97.5 Å². The zero-order valence-electron chi connectivity index (χ0n) is 63.7. The van der Waals surface area contributed by atoms with E-state index in [0.717, 1.165) is 108 Å². The fourth-order valence-electron chi connectivity index (χ4n) is 11.9. The first kappa shape index (κ1) is 95.1. The van der Waals surface area contributed by atoms with E-state index in [1.807, 2.05) is 0 Å². The van der Waals surface area contributed by atoms with Crippen molar-refractivity contribution < 1.29 is 80.2 Å². The normalized spacial score (nSPS) is 14.4. The Morgan fingerprint density at radius 2 is 0.495 bits per heavy atom. The van der Waals surface area contributed by atoms with E-state index in [9.17, 15) is 43.2 Å². The summed E-state index contributed by atoms with van der Waals surface area (Å²) in [6, 6.07) is 0. The molecule has 19 heteroatoms. The Morgan fingerprint density at radius 1 is 0.289 bits per heavy atom. The molecule has 0 fully saturated rings. The molecule has 4 unspecified atom stereocenters. The van der Waals surface area contributed by atoms with E-state index >= 15 is 0 Å². The van der Waals surface area contributed by atoms with E-state index in [1.54, 1.807) is 0 Å². The second-order valence-corrected chi connectivity index (χ2v) is 32.7. The lowest BCUT2D eigenvalue weighted by Gasteiger charge is -2.21. The minimum atomic E-state index is -4.96. The molecule has 0 rings (SSSR count). The quantitative estimate of drug-likeness (QED) is 0.0222. The highest BCUT2D eigenvalue weighted by molar-refractivity contribution is 7.47. The number of phosphoric acid groups is 2. The number of phosphoric ester groups is 2. The largest absolute Gasteiger partial charge is 0.472 e. The maximum Gasteiger partial charge on any atom is 0.472 e. The average Bonchev–Trinajstić information content (AvgIpc) is 1.39. The Balaban J connectivity index is 5.13. The summed E-state index contributed by atoms with van der Waals surface area (Å²) in [5, 5.41) is 10.6. The van der Waals surface area contributed by atoms with Gasteiger partial charge in [0.2, 0.25) is 0 Å². The topological polar surface area (TPSA) is 237 Å². The summed E-state index contributed by atoms with van der Waals surface area (Å²) in [5.74, 6) is 0.912. The van der Waals surface area contributed by atoms with E-state index in [2.05, 4.69) is 55.4 Å². The van der Waals surface area contributed by atoms with Crippen molar-refractivity contribution in [3.05, 3.63) is 0 Å². The van der Waals surface area contributed by atoms with Crippen LogP contribution >= 0.6 is 15.6 Å². The van der Waals surface area contributed by atoms with Crippen molar-refractivity contribution in [3.8, 4) is 0 Å². The highest BCUT2D eigenvalue weighted by Gasteiger charge is 2.30. The van der Waals surface area contributed by atoms with Gasteiger partial charge in [0, 0.05) is 25.7 Å². The third-order valence-electron chi connectivity index (χ3n) is 18.4. The molecule has 0 bridgehead atoms. The van der Waals surface area contributed by atoms with Crippen LogP contribution in [0.5, 0.6) is 0 Å². The lowest BCUT2D eigenvalue weighted by Crippen LogP contribution is -2.30. The Hall–Kier alpha value is -1.94. The van der Waals surface area contributed by atoms with Gasteiger partial charge in [0.1, 0.15) is 19.3 Å². The Labute approximate surface area is 594 Å². The van der Waals surface area contributed by atoms with Gasteiger partial charge in [-0.3, -0.25) is 37.3 Å². The van der Waals surface area contributed by atoms with Crippen molar-refractivity contribution >= 4 is 39.5 Å². The van der Waals surface area contributed by atoms with Crippen molar-refractivity contribution in [1.82, 2.24) is 0 Å². The van der Waals surface area contributed by atoms with Gasteiger partial charge in [-0.2, -0.15) is 0 Å². The number of aliphatic hydroxyl groups is 1. The van der Waals surface area contributed by atoms with Gasteiger partial charge in [-0.25, -0.2) is 9.13 Å². The maximum atomic E-state index is 13.1. The van der Waals surface area contributed by atoms with Crippen LogP contribution in [0.3, 0.4) is 0 Å². The molecule has 576 valence electrons. The average molecular weight is 1420 g/mol. The van der Waals surface area contributed by atoms with Crippen molar-refractivity contribution in [2.45, 2.75) is 414 Å². The Kier molecular flexibility index (Phi) is 65.9. The number of esters is 4. The monoisotopic (exact) mass is 1420 g/mol. The van der Waals surface area contributed by atoms with Crippen LogP contribution in [0.15, 0.2) is 0 Å². The van der Waals surface area contributed by atoms with Gasteiger partial charge in [0.05, 0.1) is 26.4 Å². The highest BCUT2D eigenvalue weighted by atomic mass is 31.2. The van der Waals surface area contributed by atoms with Crippen molar-refractivity contribution in [2.75, 3.05) is 39.6 Å². The maximum absolute atomic E-state index is 13.1. The van der Waals surface area contributed by atoms with Crippen LogP contribution in [0.4, 0.5) is 0 Å². The summed E-state index contributed by atoms with van der Waals surface area (Å²) in [7, 11) is -9.91. The van der Waals surface area contributed by atoms with E-state index in [0.29, 0.717) is 37.5 Å². The lowest BCUT2D eigenvalue weighted by atomic mass is 9.99. The van der Waals surface area contributed by atoms with Crippen LogP contribution in [0.1, 0.15) is 396 Å². The molecule has 17 nitrogen and oxygen atoms in total. The molecule has 0 saturated carbocycles. The van der Waals surface area contributed by atoms with Gasteiger partial charge >= 0.3 is 39.5 Å². The van der Waals surface area contributed by atoms with Gasteiger partial charge in [-0.15, -0.1) is 0 Å². The van der Waals surface area contributed by atoms with Crippen LogP contribution in [0, 0.1) is 23.7 Å². The third-order valence-corrected chi connectivity index (χ3v) is 20.3. The number of carbonyl (C=O) groups is 4. The third kappa shape index (κ3) is 70.9. The van der Waals surface area contributed by atoms with Crippen LogP contribution in [-0.2, 0) is 65.4 Å². The molecule has 0 aliphatic carbocycles. The number of carbonyl (C=O) groups excluding carboxylic acids is 4. The highest BCUT2D eigenvalue weighted by Crippen LogP contribution is 2.45. The summed E-state index contributed by atoms with van der Waals surface area (Å²) in [5.41, 5.74) is 0. The molecule has 3 N–H and O–H groups in total. The Morgan fingerprint density at radius 3 is 0.732 bits per heavy atom. The summed E-state index contributed by atoms with van der Waals surface area (Å²) in [6.45, 7) is 14.1. The standard InChI is InChI=1S/C78H152O17P2/c1-9-71(8)57-49-41-32-26-22-18-14-12-10-11-13-15-19-24-28-34-44-52-60-77(82)94-73(64-89-76(81)59-51-43-35-29-31-39-47-55-69(4)5)66-92-96(84,85)90-62-72(79)63-91-97(86,87)93-67-74(95-78(83)61-53-45-37-36-40-48-56-70(6)7)65-88-75(80)58-50-42-33-27-23-20-16-17-21-25-30-38-46-54-68(2)3/h68-74,79H,9-67H2,1-8H3,(H,84,85)(H,86,87)/t71?,72?,73-,74-/m1/s1. The molecule has 0 aliphatic rings. The molecular weight excluding hydrogens is 1270 g/mol. The number of rotatable bonds is 75. The molecule has 0 spiro atoms. The van der Waals surface area contributed by atoms with Gasteiger partial charge in [-0.1, -0.05) is 344 Å². The predicted molar refractivity (Wildman–Crippen MR) is 395 cm³/mol. The molecule has 0 saturated heterocycles.